The van der Waals surface area contributed by atoms with Crippen molar-refractivity contribution >= 4 is 21.8 Å². The number of H-pyrrole nitrogens is 1. The quantitative estimate of drug-likeness (QED) is 0.611. The first kappa shape index (κ1) is 19.5. The lowest BCUT2D eigenvalue weighted by Crippen LogP contribution is -2.14. The number of aromatic nitrogens is 2. The monoisotopic (exact) mass is 380 g/mol. The predicted octanol–water partition coefficient (Wildman–Crippen LogP) is 4.67. The Labute approximate surface area is 154 Å². The van der Waals surface area contributed by atoms with Crippen LogP contribution in [0.2, 0.25) is 0 Å². The summed E-state index contributed by atoms with van der Waals surface area (Å²) in [6, 6.07) is 3.97. The lowest BCUT2D eigenvalue weighted by molar-refractivity contribution is -0.136. The Kier molecular flexibility index (Phi) is 5.33. The van der Waals surface area contributed by atoms with E-state index in [9.17, 15) is 18.0 Å². The largest absolute Gasteiger partial charge is 0.417 e. The third-order valence-corrected chi connectivity index (χ3v) is 5.19. The standard InChI is InChI=1S/C20H23F3N2O2/c1-12-13(2)25(9-5-3-4-6-10-26)16-8-7-15-19(18(12)16)14(20(21,22)23)11-17(27)24-15/h7-8,11,26H,3-6,9-10H2,1-2H3,(H,24,27). The van der Waals surface area contributed by atoms with E-state index >= 15 is 0 Å². The molecule has 0 aliphatic heterocycles. The molecule has 7 heteroatoms. The number of hydrogen-bond acceptors (Lipinski definition) is 2. The third kappa shape index (κ3) is 3.60. The van der Waals surface area contributed by atoms with Gasteiger partial charge in [-0.3, -0.25) is 4.79 Å². The summed E-state index contributed by atoms with van der Waals surface area (Å²) in [6.45, 7) is 4.62. The number of pyridine rings is 1. The minimum atomic E-state index is -4.60. The number of halogens is 3. The molecule has 0 unspecified atom stereocenters. The molecule has 2 aromatic heterocycles. The van der Waals surface area contributed by atoms with Gasteiger partial charge in [-0.05, 0) is 44.4 Å². The van der Waals surface area contributed by atoms with E-state index in [2.05, 4.69) is 4.98 Å². The molecule has 0 bridgehead atoms. The van der Waals surface area contributed by atoms with Gasteiger partial charge in [-0.15, -0.1) is 0 Å². The first-order chi connectivity index (χ1) is 12.8. The van der Waals surface area contributed by atoms with Crippen LogP contribution in [0.15, 0.2) is 23.0 Å². The highest BCUT2D eigenvalue weighted by molar-refractivity contribution is 6.09. The van der Waals surface area contributed by atoms with Gasteiger partial charge in [0.2, 0.25) is 5.56 Å². The number of aromatic amines is 1. The van der Waals surface area contributed by atoms with Gasteiger partial charge in [0.1, 0.15) is 0 Å². The number of alkyl halides is 3. The fourth-order valence-electron chi connectivity index (χ4n) is 3.76. The maximum Gasteiger partial charge on any atom is 0.417 e. The second kappa shape index (κ2) is 7.38. The highest BCUT2D eigenvalue weighted by Gasteiger charge is 2.34. The van der Waals surface area contributed by atoms with Crippen LogP contribution in [0.25, 0.3) is 21.8 Å². The number of fused-ring (bicyclic) bond motifs is 3. The summed E-state index contributed by atoms with van der Waals surface area (Å²) in [7, 11) is 0. The molecule has 0 spiro atoms. The maximum atomic E-state index is 13.6. The Morgan fingerprint density at radius 1 is 1.07 bits per heavy atom. The first-order valence-corrected chi connectivity index (χ1v) is 9.09. The maximum absolute atomic E-state index is 13.6. The van der Waals surface area contributed by atoms with Gasteiger partial charge >= 0.3 is 6.18 Å². The van der Waals surface area contributed by atoms with Gasteiger partial charge in [0.05, 0.1) is 5.56 Å². The molecule has 0 saturated heterocycles. The van der Waals surface area contributed by atoms with Crippen molar-refractivity contribution in [1.29, 1.82) is 0 Å². The second-order valence-corrected chi connectivity index (χ2v) is 6.93. The van der Waals surface area contributed by atoms with Crippen molar-refractivity contribution in [3.63, 3.8) is 0 Å². The number of nitrogens with one attached hydrogen (secondary N) is 1. The van der Waals surface area contributed by atoms with Crippen molar-refractivity contribution in [2.45, 2.75) is 52.3 Å². The molecule has 3 aromatic rings. The Hall–Kier alpha value is -2.28. The molecule has 0 fully saturated rings. The first-order valence-electron chi connectivity index (χ1n) is 9.09. The van der Waals surface area contributed by atoms with E-state index in [-0.39, 0.29) is 17.5 Å². The lowest BCUT2D eigenvalue weighted by Gasteiger charge is -2.12. The summed E-state index contributed by atoms with van der Waals surface area (Å²) >= 11 is 0. The van der Waals surface area contributed by atoms with Crippen LogP contribution in [-0.2, 0) is 12.7 Å². The van der Waals surface area contributed by atoms with E-state index in [1.165, 1.54) is 0 Å². The Morgan fingerprint density at radius 3 is 2.44 bits per heavy atom. The van der Waals surface area contributed by atoms with Crippen LogP contribution in [0.3, 0.4) is 0 Å². The molecule has 0 amide bonds. The highest BCUT2D eigenvalue weighted by Crippen LogP contribution is 2.39. The summed E-state index contributed by atoms with van der Waals surface area (Å²) in [5.74, 6) is 0. The number of rotatable bonds is 6. The van der Waals surface area contributed by atoms with E-state index < -0.39 is 17.3 Å². The molecule has 2 heterocycles. The van der Waals surface area contributed by atoms with Crippen LogP contribution >= 0.6 is 0 Å². The van der Waals surface area contributed by atoms with Crippen LogP contribution in [0.1, 0.15) is 42.5 Å². The molecule has 1 aromatic carbocycles. The molecule has 146 valence electrons. The zero-order valence-corrected chi connectivity index (χ0v) is 15.4. The molecule has 27 heavy (non-hydrogen) atoms. The van der Waals surface area contributed by atoms with Crippen LogP contribution in [0.5, 0.6) is 0 Å². The molecular weight excluding hydrogens is 357 g/mol. The lowest BCUT2D eigenvalue weighted by atomic mass is 10.0. The SMILES string of the molecule is Cc1c(C)n(CCCCCCO)c2ccc3[nH]c(=O)cc(C(F)(F)F)c3c12. The Bertz CT molecular complexity index is 1030. The molecular formula is C20H23F3N2O2. The Morgan fingerprint density at radius 2 is 1.78 bits per heavy atom. The topological polar surface area (TPSA) is 58.0 Å². The van der Waals surface area contributed by atoms with Crippen LogP contribution in [-0.4, -0.2) is 21.3 Å². The van der Waals surface area contributed by atoms with Crippen molar-refractivity contribution in [3.8, 4) is 0 Å². The minimum absolute atomic E-state index is 0.0548. The van der Waals surface area contributed by atoms with Gasteiger partial charge in [0.25, 0.3) is 0 Å². The molecule has 2 N–H and O–H groups in total. The number of aliphatic hydroxyl groups excluding tert-OH is 1. The molecule has 0 aliphatic carbocycles. The van der Waals surface area contributed by atoms with Crippen molar-refractivity contribution < 1.29 is 18.3 Å². The van der Waals surface area contributed by atoms with Gasteiger partial charge in [-0.2, -0.15) is 13.2 Å². The fourth-order valence-corrected chi connectivity index (χ4v) is 3.76. The second-order valence-electron chi connectivity index (χ2n) is 6.93. The molecule has 0 saturated carbocycles. The Balaban J connectivity index is 2.18. The van der Waals surface area contributed by atoms with Crippen LogP contribution in [0, 0.1) is 13.8 Å². The van der Waals surface area contributed by atoms with E-state index in [0.717, 1.165) is 42.5 Å². The van der Waals surface area contributed by atoms with Gasteiger partial charge in [0, 0.05) is 46.7 Å². The van der Waals surface area contributed by atoms with Crippen LogP contribution < -0.4 is 5.56 Å². The van der Waals surface area contributed by atoms with Gasteiger partial charge < -0.3 is 14.7 Å². The van der Waals surface area contributed by atoms with E-state index in [1.807, 2.05) is 18.4 Å². The van der Waals surface area contributed by atoms with Gasteiger partial charge in [0.15, 0.2) is 0 Å². The molecule has 0 radical (unpaired) electrons. The average molecular weight is 380 g/mol. The zero-order valence-electron chi connectivity index (χ0n) is 15.4. The van der Waals surface area contributed by atoms with Crippen molar-refractivity contribution in [2.75, 3.05) is 6.61 Å². The van der Waals surface area contributed by atoms with E-state index in [1.54, 1.807) is 12.1 Å². The van der Waals surface area contributed by atoms with E-state index in [4.69, 9.17) is 5.11 Å². The summed E-state index contributed by atoms with van der Waals surface area (Å²) in [6.07, 6.45) is -1.08. The number of aryl methyl sites for hydroxylation is 2. The van der Waals surface area contributed by atoms with Gasteiger partial charge in [-0.1, -0.05) is 12.8 Å². The normalized spacial score (nSPS) is 12.4. The number of hydrogen-bond donors (Lipinski definition) is 2. The third-order valence-electron chi connectivity index (χ3n) is 5.19. The molecule has 3 rings (SSSR count). The summed E-state index contributed by atoms with van der Waals surface area (Å²) in [5.41, 5.74) is 1.02. The van der Waals surface area contributed by atoms with Crippen molar-refractivity contribution in [3.05, 3.63) is 45.4 Å². The number of nitrogens with zero attached hydrogens (tertiary/aromatic N) is 1. The summed E-state index contributed by atoms with van der Waals surface area (Å²) in [5, 5.41) is 9.46. The fraction of sp³-hybridized carbons (Fsp3) is 0.450. The zero-order chi connectivity index (χ0) is 19.8. The predicted molar refractivity (Wildman–Crippen MR) is 100 cm³/mol. The van der Waals surface area contributed by atoms with Gasteiger partial charge in [-0.25, -0.2) is 0 Å². The number of aliphatic hydroxyl groups is 1. The van der Waals surface area contributed by atoms with E-state index in [0.29, 0.717) is 18.0 Å². The highest BCUT2D eigenvalue weighted by atomic mass is 19.4. The summed E-state index contributed by atoms with van der Waals surface area (Å²) < 4.78 is 42.9. The summed E-state index contributed by atoms with van der Waals surface area (Å²) in [4.78, 5) is 14.2. The van der Waals surface area contributed by atoms with Crippen LogP contribution in [0.4, 0.5) is 13.2 Å². The average Bonchev–Trinajstić information content (AvgIpc) is 2.84. The minimum Gasteiger partial charge on any atom is -0.396 e. The van der Waals surface area contributed by atoms with Crippen molar-refractivity contribution in [2.24, 2.45) is 0 Å². The number of unbranched alkanes of at least 4 members (excludes halogenated alkanes) is 3. The molecule has 0 atom stereocenters. The molecule has 4 nitrogen and oxygen atoms in total. The smallest absolute Gasteiger partial charge is 0.396 e. The molecule has 0 aliphatic rings. The van der Waals surface area contributed by atoms with Crippen molar-refractivity contribution in [1.82, 2.24) is 9.55 Å². The number of benzene rings is 1.